The number of carbonyl (C=O) groups is 2. The third-order valence-electron chi connectivity index (χ3n) is 4.66. The first-order chi connectivity index (χ1) is 13.5. The van der Waals surface area contributed by atoms with Crippen LogP contribution in [0.5, 0.6) is 0 Å². The zero-order valence-corrected chi connectivity index (χ0v) is 16.3. The van der Waals surface area contributed by atoms with E-state index in [1.54, 1.807) is 12.1 Å². The van der Waals surface area contributed by atoms with Gasteiger partial charge in [0.05, 0.1) is 5.56 Å². The third-order valence-corrected chi connectivity index (χ3v) is 5.55. The number of amides is 1. The van der Waals surface area contributed by atoms with Crippen molar-refractivity contribution < 1.29 is 14.3 Å². The van der Waals surface area contributed by atoms with Gasteiger partial charge in [-0.3, -0.25) is 10.1 Å². The Bertz CT molecular complexity index is 1030. The molecule has 1 aromatic heterocycles. The Labute approximate surface area is 166 Å². The van der Waals surface area contributed by atoms with E-state index in [-0.39, 0.29) is 0 Å². The molecule has 2 aromatic carbocycles. The molecule has 1 unspecified atom stereocenters. The Hall–Kier alpha value is -3.06. The fraction of sp³-hybridized carbons (Fsp3) is 0.238. The van der Waals surface area contributed by atoms with Gasteiger partial charge in [-0.05, 0) is 23.1 Å². The molecule has 0 aliphatic carbocycles. The molecule has 0 fully saturated rings. The monoisotopic (exact) mass is 393 g/mol. The number of fused-ring (bicyclic) bond motifs is 1. The van der Waals surface area contributed by atoms with Crippen LogP contribution in [0.25, 0.3) is 10.6 Å². The molecule has 28 heavy (non-hydrogen) atoms. The Morgan fingerprint density at radius 1 is 1.14 bits per heavy atom. The second-order valence-corrected chi connectivity index (χ2v) is 7.91. The number of anilines is 1. The number of cyclic esters (lactones) is 1. The van der Waals surface area contributed by atoms with Gasteiger partial charge in [0.2, 0.25) is 5.13 Å². The van der Waals surface area contributed by atoms with Gasteiger partial charge in [-0.2, -0.15) is 0 Å². The quantitative estimate of drug-likeness (QED) is 0.677. The van der Waals surface area contributed by atoms with Crippen molar-refractivity contribution in [2.75, 3.05) is 5.32 Å². The molecule has 6 nitrogen and oxygen atoms in total. The second-order valence-electron chi connectivity index (χ2n) is 6.93. The smallest absolute Gasteiger partial charge is 0.339 e. The fourth-order valence-electron chi connectivity index (χ4n) is 3.06. The molecule has 1 aliphatic heterocycles. The van der Waals surface area contributed by atoms with E-state index < -0.39 is 18.0 Å². The second kappa shape index (κ2) is 7.52. The highest BCUT2D eigenvalue weighted by atomic mass is 32.1. The average Bonchev–Trinajstić information content (AvgIpc) is 3.16. The number of nitrogens with zero attached hydrogens (tertiary/aromatic N) is 2. The molecule has 0 saturated heterocycles. The zero-order valence-electron chi connectivity index (χ0n) is 15.5. The van der Waals surface area contributed by atoms with E-state index in [0.29, 0.717) is 23.0 Å². The lowest BCUT2D eigenvalue weighted by Crippen LogP contribution is -2.37. The van der Waals surface area contributed by atoms with E-state index in [1.807, 2.05) is 24.3 Å². The molecule has 1 aliphatic rings. The number of benzene rings is 2. The highest BCUT2D eigenvalue weighted by Crippen LogP contribution is 2.28. The van der Waals surface area contributed by atoms with Gasteiger partial charge in [0.1, 0.15) is 5.01 Å². The van der Waals surface area contributed by atoms with Gasteiger partial charge in [0, 0.05) is 12.0 Å². The summed E-state index contributed by atoms with van der Waals surface area (Å²) >= 11 is 1.28. The van der Waals surface area contributed by atoms with Crippen molar-refractivity contribution in [2.45, 2.75) is 32.3 Å². The summed E-state index contributed by atoms with van der Waals surface area (Å²) < 4.78 is 5.28. The highest BCUT2D eigenvalue weighted by molar-refractivity contribution is 7.18. The van der Waals surface area contributed by atoms with E-state index in [2.05, 4.69) is 41.5 Å². The molecule has 4 rings (SSSR count). The molecule has 0 spiro atoms. The first-order valence-electron chi connectivity index (χ1n) is 9.05. The molecule has 0 saturated carbocycles. The van der Waals surface area contributed by atoms with Gasteiger partial charge >= 0.3 is 5.97 Å². The summed E-state index contributed by atoms with van der Waals surface area (Å²) in [4.78, 5) is 24.6. The number of hydrogen-bond donors (Lipinski definition) is 1. The van der Waals surface area contributed by atoms with Crippen molar-refractivity contribution in [2.24, 2.45) is 0 Å². The van der Waals surface area contributed by atoms with E-state index in [4.69, 9.17) is 4.74 Å². The lowest BCUT2D eigenvalue weighted by atomic mass is 9.98. The molecule has 0 bridgehead atoms. The van der Waals surface area contributed by atoms with Crippen molar-refractivity contribution in [3.05, 3.63) is 65.2 Å². The summed E-state index contributed by atoms with van der Waals surface area (Å²) in [5, 5.41) is 12.0. The molecular weight excluding hydrogens is 374 g/mol. The van der Waals surface area contributed by atoms with Gasteiger partial charge in [0.25, 0.3) is 5.91 Å². The normalized spacial score (nSPS) is 15.8. The predicted molar refractivity (Wildman–Crippen MR) is 107 cm³/mol. The topological polar surface area (TPSA) is 81.2 Å². The first kappa shape index (κ1) is 18.3. The minimum absolute atomic E-state index is 0.343. The summed E-state index contributed by atoms with van der Waals surface area (Å²) in [6.45, 7) is 4.29. The molecule has 2 heterocycles. The average molecular weight is 393 g/mol. The number of nitrogens with one attached hydrogen (secondary N) is 1. The fourth-order valence-corrected chi connectivity index (χ4v) is 3.82. The van der Waals surface area contributed by atoms with Crippen LogP contribution in [0, 0.1) is 0 Å². The number of rotatable bonds is 4. The van der Waals surface area contributed by atoms with Gasteiger partial charge in [-0.1, -0.05) is 67.6 Å². The number of ether oxygens (including phenoxy) is 1. The van der Waals surface area contributed by atoms with E-state index in [9.17, 15) is 9.59 Å². The van der Waals surface area contributed by atoms with E-state index >= 15 is 0 Å². The van der Waals surface area contributed by atoms with Crippen LogP contribution in [0.3, 0.4) is 0 Å². The largest absolute Gasteiger partial charge is 0.448 e. The van der Waals surface area contributed by atoms with Gasteiger partial charge in [-0.25, -0.2) is 4.79 Å². The lowest BCUT2D eigenvalue weighted by Gasteiger charge is -2.23. The molecule has 7 heteroatoms. The third kappa shape index (κ3) is 3.66. The zero-order chi connectivity index (χ0) is 19.7. The van der Waals surface area contributed by atoms with Crippen LogP contribution in [0.15, 0.2) is 48.5 Å². The summed E-state index contributed by atoms with van der Waals surface area (Å²) in [6.07, 6.45) is -0.532. The minimum Gasteiger partial charge on any atom is -0.448 e. The Morgan fingerprint density at radius 3 is 2.64 bits per heavy atom. The standard InChI is InChI=1S/C21H19N3O3S/c1-12(2)13-7-9-14(10-8-13)19-23-24-21(28-19)22-18(25)17-11-15-5-3-4-6-16(15)20(26)27-17/h3-10,12,17H,11H2,1-2H3,(H,22,24,25). The Kier molecular flexibility index (Phi) is 4.92. The highest BCUT2D eigenvalue weighted by Gasteiger charge is 2.31. The van der Waals surface area contributed by atoms with Gasteiger partial charge in [-0.15, -0.1) is 10.2 Å². The van der Waals surface area contributed by atoms with Crippen molar-refractivity contribution in [3.63, 3.8) is 0 Å². The van der Waals surface area contributed by atoms with Crippen LogP contribution < -0.4 is 5.32 Å². The summed E-state index contributed by atoms with van der Waals surface area (Å²) in [5.74, 6) is -0.424. The van der Waals surface area contributed by atoms with Gasteiger partial charge in [0.15, 0.2) is 6.10 Å². The van der Waals surface area contributed by atoms with Crippen LogP contribution in [-0.4, -0.2) is 28.2 Å². The molecule has 1 atom stereocenters. The summed E-state index contributed by atoms with van der Waals surface area (Å²) in [7, 11) is 0. The van der Waals surface area contributed by atoms with Crippen LogP contribution in [0.2, 0.25) is 0 Å². The van der Waals surface area contributed by atoms with Crippen molar-refractivity contribution >= 4 is 28.3 Å². The number of carbonyl (C=O) groups excluding carboxylic acids is 2. The maximum Gasteiger partial charge on any atom is 0.339 e. The lowest BCUT2D eigenvalue weighted by molar-refractivity contribution is -0.125. The number of esters is 1. The van der Waals surface area contributed by atoms with Crippen LogP contribution in [-0.2, 0) is 16.0 Å². The van der Waals surface area contributed by atoms with Crippen molar-refractivity contribution in [3.8, 4) is 10.6 Å². The Balaban J connectivity index is 1.45. The van der Waals surface area contributed by atoms with Crippen LogP contribution >= 0.6 is 11.3 Å². The van der Waals surface area contributed by atoms with E-state index in [0.717, 1.165) is 16.1 Å². The molecule has 142 valence electrons. The summed E-state index contributed by atoms with van der Waals surface area (Å²) in [5.41, 5.74) is 3.51. The number of hydrogen-bond acceptors (Lipinski definition) is 6. The first-order valence-corrected chi connectivity index (χ1v) is 9.86. The molecule has 3 aromatic rings. The molecule has 1 amide bonds. The maximum absolute atomic E-state index is 12.5. The van der Waals surface area contributed by atoms with Gasteiger partial charge < -0.3 is 4.74 Å². The van der Waals surface area contributed by atoms with Crippen LogP contribution in [0.4, 0.5) is 5.13 Å². The van der Waals surface area contributed by atoms with Crippen molar-refractivity contribution in [1.82, 2.24) is 10.2 Å². The Morgan fingerprint density at radius 2 is 1.89 bits per heavy atom. The van der Waals surface area contributed by atoms with Crippen LogP contribution in [0.1, 0.15) is 41.3 Å². The maximum atomic E-state index is 12.5. The van der Waals surface area contributed by atoms with E-state index in [1.165, 1.54) is 16.9 Å². The predicted octanol–water partition coefficient (Wildman–Crippen LogP) is 4.05. The molecule has 0 radical (unpaired) electrons. The number of aromatic nitrogens is 2. The SMILES string of the molecule is CC(C)c1ccc(-c2nnc(NC(=O)C3Cc4ccccc4C(=O)O3)s2)cc1. The molecule has 1 N–H and O–H groups in total. The summed E-state index contributed by atoms with van der Waals surface area (Å²) in [6, 6.07) is 15.3. The molecular formula is C21H19N3O3S. The minimum atomic E-state index is -0.875. The van der Waals surface area contributed by atoms with Crippen molar-refractivity contribution in [1.29, 1.82) is 0 Å².